The molecule has 0 radical (unpaired) electrons. The Kier molecular flexibility index (Phi) is 7.51. The van der Waals surface area contributed by atoms with Crippen LogP contribution >= 0.6 is 11.6 Å². The Morgan fingerprint density at radius 1 is 1.20 bits per heavy atom. The fourth-order valence-electron chi connectivity index (χ4n) is 5.19. The Morgan fingerprint density at radius 3 is 2.97 bits per heavy atom. The average molecular weight is 500 g/mol. The van der Waals surface area contributed by atoms with Crippen molar-refractivity contribution in [3.05, 3.63) is 47.5 Å². The van der Waals surface area contributed by atoms with Gasteiger partial charge in [-0.25, -0.2) is 14.4 Å². The van der Waals surface area contributed by atoms with E-state index in [0.717, 1.165) is 37.9 Å². The summed E-state index contributed by atoms with van der Waals surface area (Å²) in [6.07, 6.45) is 4.97. The summed E-state index contributed by atoms with van der Waals surface area (Å²) in [6.45, 7) is 6.26. The average Bonchev–Trinajstić information content (AvgIpc) is 3.12. The van der Waals surface area contributed by atoms with Gasteiger partial charge in [-0.15, -0.1) is 0 Å². The fourth-order valence-corrected chi connectivity index (χ4v) is 5.36. The number of hydrogen-bond donors (Lipinski definition) is 2. The van der Waals surface area contributed by atoms with Crippen molar-refractivity contribution < 1.29 is 13.9 Å². The first kappa shape index (κ1) is 24.0. The van der Waals surface area contributed by atoms with E-state index in [1.165, 1.54) is 38.3 Å². The van der Waals surface area contributed by atoms with E-state index in [9.17, 15) is 4.39 Å². The first-order chi connectivity index (χ1) is 17.1. The first-order valence-electron chi connectivity index (χ1n) is 12.2. The smallest absolute Gasteiger partial charge is 0.165 e. The predicted molar refractivity (Wildman–Crippen MR) is 136 cm³/mol. The van der Waals surface area contributed by atoms with Gasteiger partial charge in [0.1, 0.15) is 12.1 Å². The van der Waals surface area contributed by atoms with Gasteiger partial charge in [0.2, 0.25) is 0 Å². The normalized spacial score (nSPS) is 20.4. The molecule has 0 saturated carbocycles. The van der Waals surface area contributed by atoms with E-state index in [1.807, 2.05) is 12.1 Å². The van der Waals surface area contributed by atoms with Crippen molar-refractivity contribution in [2.45, 2.75) is 19.3 Å². The van der Waals surface area contributed by atoms with Crippen LogP contribution in [0.1, 0.15) is 19.3 Å². The topological polar surface area (TPSA) is 71.5 Å². The highest BCUT2D eigenvalue weighted by atomic mass is 35.5. The van der Waals surface area contributed by atoms with Gasteiger partial charge in [-0.3, -0.25) is 0 Å². The maximum absolute atomic E-state index is 14.4. The SMILES string of the molecule is COc1cc2ncnc(Nc3cccc(Cl)c3F)c2cc1OCCCN1CC2CNCCC[C@@H]2C1. The highest BCUT2D eigenvalue weighted by Crippen LogP contribution is 2.36. The van der Waals surface area contributed by atoms with E-state index in [4.69, 9.17) is 21.1 Å². The molecule has 35 heavy (non-hydrogen) atoms. The third-order valence-electron chi connectivity index (χ3n) is 6.99. The fraction of sp³-hybridized carbons (Fsp3) is 0.462. The minimum absolute atomic E-state index is 0.0446. The molecule has 2 atom stereocenters. The summed E-state index contributed by atoms with van der Waals surface area (Å²) in [6, 6.07) is 8.46. The van der Waals surface area contributed by atoms with Crippen molar-refractivity contribution in [3.8, 4) is 11.5 Å². The lowest BCUT2D eigenvalue weighted by molar-refractivity contribution is 0.248. The van der Waals surface area contributed by atoms with E-state index in [0.29, 0.717) is 34.8 Å². The quantitative estimate of drug-likeness (QED) is 0.428. The summed E-state index contributed by atoms with van der Waals surface area (Å²) < 4.78 is 26.1. The Hall–Kier alpha value is -2.68. The van der Waals surface area contributed by atoms with Gasteiger partial charge in [-0.1, -0.05) is 17.7 Å². The Labute approximate surface area is 210 Å². The van der Waals surface area contributed by atoms with Crippen LogP contribution < -0.4 is 20.1 Å². The van der Waals surface area contributed by atoms with Gasteiger partial charge in [0.25, 0.3) is 0 Å². The lowest BCUT2D eigenvalue weighted by Crippen LogP contribution is -2.27. The van der Waals surface area contributed by atoms with Crippen LogP contribution in [0, 0.1) is 17.7 Å². The second kappa shape index (κ2) is 10.9. The van der Waals surface area contributed by atoms with Gasteiger partial charge in [-0.2, -0.15) is 0 Å². The molecule has 0 bridgehead atoms. The number of rotatable bonds is 8. The number of nitrogens with zero attached hydrogens (tertiary/aromatic N) is 3. The number of likely N-dealkylation sites (tertiary alicyclic amines) is 1. The van der Waals surface area contributed by atoms with Crippen LogP contribution in [0.3, 0.4) is 0 Å². The van der Waals surface area contributed by atoms with Crippen LogP contribution in [-0.2, 0) is 0 Å². The molecule has 0 aliphatic carbocycles. The molecule has 7 nitrogen and oxygen atoms in total. The summed E-state index contributed by atoms with van der Waals surface area (Å²) in [5, 5.41) is 7.36. The molecule has 0 amide bonds. The zero-order valence-electron chi connectivity index (χ0n) is 19.9. The van der Waals surface area contributed by atoms with Crippen LogP contribution in [0.5, 0.6) is 11.5 Å². The lowest BCUT2D eigenvalue weighted by Gasteiger charge is -2.17. The Morgan fingerprint density at radius 2 is 2.09 bits per heavy atom. The summed E-state index contributed by atoms with van der Waals surface area (Å²) in [5.41, 5.74) is 0.909. The molecular formula is C26H31ClFN5O2. The monoisotopic (exact) mass is 499 g/mol. The molecule has 2 N–H and O–H groups in total. The van der Waals surface area contributed by atoms with Gasteiger partial charge >= 0.3 is 0 Å². The van der Waals surface area contributed by atoms with Gasteiger partial charge in [0, 0.05) is 31.1 Å². The van der Waals surface area contributed by atoms with Crippen molar-refractivity contribution in [1.82, 2.24) is 20.2 Å². The molecule has 2 aliphatic rings. The van der Waals surface area contributed by atoms with Gasteiger partial charge in [0.15, 0.2) is 17.3 Å². The van der Waals surface area contributed by atoms with Crippen LogP contribution in [0.15, 0.2) is 36.7 Å². The molecule has 2 saturated heterocycles. The number of aromatic nitrogens is 2. The number of methoxy groups -OCH3 is 1. The van der Waals surface area contributed by atoms with Crippen molar-refractivity contribution in [1.29, 1.82) is 0 Å². The molecule has 1 unspecified atom stereocenters. The van der Waals surface area contributed by atoms with Crippen LogP contribution in [0.2, 0.25) is 5.02 Å². The molecule has 3 aromatic rings. The molecular weight excluding hydrogens is 469 g/mol. The van der Waals surface area contributed by atoms with E-state index in [1.54, 1.807) is 19.2 Å². The second-order valence-corrected chi connectivity index (χ2v) is 9.70. The standard InChI is InChI=1S/C26H31ClFN5O2/c1-34-23-12-22-19(26(31-16-30-22)32-21-7-2-6-20(27)25(21)28)11-24(23)35-10-4-9-33-14-17-5-3-8-29-13-18(17)15-33/h2,6-7,11-12,16-18,29H,3-5,8-10,13-15H2,1H3,(H,30,31,32)/t17-,18?/m1/s1. The molecule has 2 fully saturated rings. The van der Waals surface area contributed by atoms with Crippen molar-refractivity contribution in [3.63, 3.8) is 0 Å². The second-order valence-electron chi connectivity index (χ2n) is 9.30. The third-order valence-corrected chi connectivity index (χ3v) is 7.28. The van der Waals surface area contributed by atoms with Crippen molar-refractivity contribution in [2.75, 3.05) is 51.8 Å². The number of anilines is 2. The predicted octanol–water partition coefficient (Wildman–Crippen LogP) is 4.87. The molecule has 3 heterocycles. The number of halogens is 2. The summed E-state index contributed by atoms with van der Waals surface area (Å²) in [5.74, 6) is 2.74. The van der Waals surface area contributed by atoms with E-state index in [-0.39, 0.29) is 10.7 Å². The molecule has 9 heteroatoms. The number of fused-ring (bicyclic) bond motifs is 2. The minimum atomic E-state index is -0.529. The molecule has 1 aromatic heterocycles. The van der Waals surface area contributed by atoms with Gasteiger partial charge in [0.05, 0.1) is 29.9 Å². The molecule has 186 valence electrons. The van der Waals surface area contributed by atoms with Crippen LogP contribution in [-0.4, -0.2) is 61.3 Å². The Bertz CT molecular complexity index is 1170. The summed E-state index contributed by atoms with van der Waals surface area (Å²) in [7, 11) is 1.61. The number of nitrogens with one attached hydrogen (secondary N) is 2. The van der Waals surface area contributed by atoms with E-state index < -0.39 is 5.82 Å². The molecule has 2 aromatic carbocycles. The van der Waals surface area contributed by atoms with Gasteiger partial charge < -0.3 is 25.0 Å². The molecule has 5 rings (SSSR count). The zero-order valence-corrected chi connectivity index (χ0v) is 20.7. The molecule has 0 spiro atoms. The van der Waals surface area contributed by atoms with Crippen LogP contribution in [0.4, 0.5) is 15.9 Å². The maximum atomic E-state index is 14.4. The zero-order chi connectivity index (χ0) is 24.2. The van der Waals surface area contributed by atoms with Crippen molar-refractivity contribution in [2.24, 2.45) is 11.8 Å². The summed E-state index contributed by atoms with van der Waals surface area (Å²) >= 11 is 5.93. The van der Waals surface area contributed by atoms with Crippen LogP contribution in [0.25, 0.3) is 10.9 Å². The number of benzene rings is 2. The maximum Gasteiger partial charge on any atom is 0.165 e. The largest absolute Gasteiger partial charge is 0.493 e. The number of hydrogen-bond acceptors (Lipinski definition) is 7. The minimum Gasteiger partial charge on any atom is -0.493 e. The third kappa shape index (κ3) is 5.44. The summed E-state index contributed by atoms with van der Waals surface area (Å²) in [4.78, 5) is 11.2. The van der Waals surface area contributed by atoms with Gasteiger partial charge in [-0.05, 0) is 62.4 Å². The lowest BCUT2D eigenvalue weighted by atomic mass is 9.93. The number of ether oxygens (including phenoxy) is 2. The van der Waals surface area contributed by atoms with E-state index >= 15 is 0 Å². The highest BCUT2D eigenvalue weighted by molar-refractivity contribution is 6.31. The van der Waals surface area contributed by atoms with E-state index in [2.05, 4.69) is 25.5 Å². The Balaban J connectivity index is 1.26. The van der Waals surface area contributed by atoms with Crippen molar-refractivity contribution >= 4 is 34.0 Å². The molecule has 2 aliphatic heterocycles. The first-order valence-corrected chi connectivity index (χ1v) is 12.6. The highest BCUT2D eigenvalue weighted by Gasteiger charge is 2.32.